The highest BCUT2D eigenvalue weighted by molar-refractivity contribution is 7.92. The summed E-state index contributed by atoms with van der Waals surface area (Å²) in [5.41, 5.74) is 3.42. The van der Waals surface area contributed by atoms with Gasteiger partial charge in [0.1, 0.15) is 23.8 Å². The summed E-state index contributed by atoms with van der Waals surface area (Å²) in [6.45, 7) is 1.30. The number of unbranched alkanes of at least 4 members (excludes halogenated alkanes) is 1. The Bertz CT molecular complexity index is 1360. The third-order valence-electron chi connectivity index (χ3n) is 6.28. The Morgan fingerprint density at radius 2 is 1.97 bits per heavy atom. The standard InChI is InChI=1S/C25H28FN3O5S/c1-35(31,32)29(11-2-3-12-30)21-15-22-20(14-19(21)16-4-5-16)23(25-27-10-13-33-28-25)24(34-22)17-6-8-18(26)9-7-17/h6-9,14-16,30H,2-5,10-13H2,1H3,(H,27,28). The summed E-state index contributed by atoms with van der Waals surface area (Å²) < 4.78 is 46.9. The van der Waals surface area contributed by atoms with E-state index in [9.17, 15) is 17.9 Å². The van der Waals surface area contributed by atoms with Gasteiger partial charge in [-0.1, -0.05) is 5.16 Å². The maximum atomic E-state index is 13.6. The van der Waals surface area contributed by atoms with Crippen LogP contribution in [0.2, 0.25) is 0 Å². The molecular formula is C25H28FN3O5S. The lowest BCUT2D eigenvalue weighted by atomic mass is 10.00. The number of hydrogen-bond donors (Lipinski definition) is 2. The molecule has 1 saturated carbocycles. The Labute approximate surface area is 203 Å². The molecule has 2 aliphatic rings. The molecule has 1 fully saturated rings. The van der Waals surface area contributed by atoms with E-state index in [1.165, 1.54) is 22.7 Å². The number of aliphatic hydroxyl groups is 1. The van der Waals surface area contributed by atoms with Crippen molar-refractivity contribution in [2.24, 2.45) is 5.16 Å². The zero-order chi connectivity index (χ0) is 24.6. The molecule has 0 atom stereocenters. The van der Waals surface area contributed by atoms with Gasteiger partial charge >= 0.3 is 0 Å². The largest absolute Gasteiger partial charge is 0.455 e. The molecule has 3 aromatic rings. The second-order valence-electron chi connectivity index (χ2n) is 8.96. The molecule has 2 N–H and O–H groups in total. The van der Waals surface area contributed by atoms with E-state index in [1.54, 1.807) is 18.2 Å². The lowest BCUT2D eigenvalue weighted by molar-refractivity contribution is 0.136. The average molecular weight is 502 g/mol. The number of rotatable bonds is 9. The highest BCUT2D eigenvalue weighted by atomic mass is 32.2. The Morgan fingerprint density at radius 3 is 2.60 bits per heavy atom. The summed E-state index contributed by atoms with van der Waals surface area (Å²) in [6, 6.07) is 9.79. The van der Waals surface area contributed by atoms with Crippen LogP contribution in [0.3, 0.4) is 0 Å². The smallest absolute Gasteiger partial charge is 0.232 e. The molecule has 35 heavy (non-hydrogen) atoms. The van der Waals surface area contributed by atoms with Crippen molar-refractivity contribution in [2.45, 2.75) is 31.6 Å². The number of benzene rings is 2. The molecule has 5 rings (SSSR count). The first kappa shape index (κ1) is 23.6. The average Bonchev–Trinajstić information content (AvgIpc) is 3.62. The van der Waals surface area contributed by atoms with Gasteiger partial charge in [0.15, 0.2) is 5.84 Å². The highest BCUT2D eigenvalue weighted by Crippen LogP contribution is 2.48. The maximum Gasteiger partial charge on any atom is 0.232 e. The second kappa shape index (κ2) is 9.50. The fraction of sp³-hybridized carbons (Fsp3) is 0.400. The zero-order valence-corrected chi connectivity index (χ0v) is 20.3. The number of nitrogens with one attached hydrogen (secondary N) is 1. The van der Waals surface area contributed by atoms with Crippen molar-refractivity contribution in [2.75, 3.05) is 36.9 Å². The van der Waals surface area contributed by atoms with Crippen LogP contribution in [0.1, 0.15) is 42.7 Å². The molecule has 0 radical (unpaired) electrons. The van der Waals surface area contributed by atoms with Crippen molar-refractivity contribution in [3.05, 3.63) is 53.3 Å². The number of furan rings is 1. The fourth-order valence-corrected chi connectivity index (χ4v) is 5.43. The maximum absolute atomic E-state index is 13.6. The Kier molecular flexibility index (Phi) is 6.41. The molecule has 1 aliphatic heterocycles. The minimum atomic E-state index is -3.56. The van der Waals surface area contributed by atoms with Gasteiger partial charge in [0.05, 0.1) is 24.1 Å². The zero-order valence-electron chi connectivity index (χ0n) is 19.5. The predicted molar refractivity (Wildman–Crippen MR) is 133 cm³/mol. The molecular weight excluding hydrogens is 473 g/mol. The van der Waals surface area contributed by atoms with E-state index in [0.29, 0.717) is 60.0 Å². The molecule has 10 heteroatoms. The number of nitrogens with zero attached hydrogens (tertiary/aromatic N) is 2. The fourth-order valence-electron chi connectivity index (χ4n) is 4.45. The van der Waals surface area contributed by atoms with Crippen molar-refractivity contribution in [3.8, 4) is 11.3 Å². The summed E-state index contributed by atoms with van der Waals surface area (Å²) in [5.74, 6) is 0.924. The van der Waals surface area contributed by atoms with E-state index in [-0.39, 0.29) is 24.9 Å². The van der Waals surface area contributed by atoms with Crippen LogP contribution in [-0.2, 0) is 14.9 Å². The Hall–Kier alpha value is -3.11. The molecule has 0 saturated heterocycles. The number of halogens is 1. The minimum Gasteiger partial charge on any atom is -0.455 e. The summed E-state index contributed by atoms with van der Waals surface area (Å²) >= 11 is 0. The molecule has 0 bridgehead atoms. The van der Waals surface area contributed by atoms with E-state index in [4.69, 9.17) is 9.25 Å². The van der Waals surface area contributed by atoms with E-state index < -0.39 is 10.0 Å². The van der Waals surface area contributed by atoms with Crippen LogP contribution in [-0.4, -0.2) is 51.9 Å². The molecule has 0 amide bonds. The van der Waals surface area contributed by atoms with Crippen LogP contribution in [0.4, 0.5) is 10.1 Å². The van der Waals surface area contributed by atoms with Crippen molar-refractivity contribution in [3.63, 3.8) is 0 Å². The van der Waals surface area contributed by atoms with Crippen LogP contribution in [0, 0.1) is 5.82 Å². The quantitative estimate of drug-likeness (QED) is 0.431. The van der Waals surface area contributed by atoms with Crippen molar-refractivity contribution in [1.29, 1.82) is 0 Å². The van der Waals surface area contributed by atoms with Crippen LogP contribution < -0.4 is 9.62 Å². The first-order chi connectivity index (χ1) is 16.9. The molecule has 0 unspecified atom stereocenters. The van der Waals surface area contributed by atoms with Gasteiger partial charge in [0.2, 0.25) is 10.0 Å². The first-order valence-corrected chi connectivity index (χ1v) is 13.6. The molecule has 1 aromatic heterocycles. The number of amidine groups is 1. The van der Waals surface area contributed by atoms with Gasteiger partial charge in [0, 0.05) is 30.2 Å². The van der Waals surface area contributed by atoms with E-state index >= 15 is 0 Å². The van der Waals surface area contributed by atoms with E-state index in [0.717, 1.165) is 23.8 Å². The van der Waals surface area contributed by atoms with Gasteiger partial charge in [-0.05, 0) is 67.5 Å². The Balaban J connectivity index is 1.72. The van der Waals surface area contributed by atoms with E-state index in [1.807, 2.05) is 6.07 Å². The highest BCUT2D eigenvalue weighted by Gasteiger charge is 2.33. The monoisotopic (exact) mass is 501 g/mol. The lowest BCUT2D eigenvalue weighted by Crippen LogP contribution is -2.32. The van der Waals surface area contributed by atoms with Crippen LogP contribution in [0.15, 0.2) is 46.0 Å². The van der Waals surface area contributed by atoms with Crippen molar-refractivity contribution in [1.82, 2.24) is 5.32 Å². The lowest BCUT2D eigenvalue weighted by Gasteiger charge is -2.25. The minimum absolute atomic E-state index is 0.00583. The number of sulfonamides is 1. The predicted octanol–water partition coefficient (Wildman–Crippen LogP) is 3.94. The molecule has 0 spiro atoms. The van der Waals surface area contributed by atoms with Gasteiger partial charge in [-0.25, -0.2) is 12.8 Å². The Morgan fingerprint density at radius 1 is 1.20 bits per heavy atom. The molecule has 2 aromatic carbocycles. The van der Waals surface area contributed by atoms with Crippen LogP contribution in [0.5, 0.6) is 0 Å². The molecule has 8 nitrogen and oxygen atoms in total. The molecule has 1 aliphatic carbocycles. The third kappa shape index (κ3) is 4.85. The molecule has 2 heterocycles. The molecule has 186 valence electrons. The summed E-state index contributed by atoms with van der Waals surface area (Å²) in [4.78, 5) is 5.33. The van der Waals surface area contributed by atoms with E-state index in [2.05, 4.69) is 10.5 Å². The summed E-state index contributed by atoms with van der Waals surface area (Å²) in [7, 11) is -3.56. The van der Waals surface area contributed by atoms with Crippen molar-refractivity contribution < 1.29 is 27.2 Å². The van der Waals surface area contributed by atoms with Gasteiger partial charge in [0.25, 0.3) is 0 Å². The van der Waals surface area contributed by atoms with Gasteiger partial charge in [-0.2, -0.15) is 0 Å². The third-order valence-corrected chi connectivity index (χ3v) is 7.46. The van der Waals surface area contributed by atoms with Gasteiger partial charge in [-0.3, -0.25) is 4.31 Å². The van der Waals surface area contributed by atoms with Crippen LogP contribution >= 0.6 is 0 Å². The topological polar surface area (TPSA) is 104 Å². The first-order valence-electron chi connectivity index (χ1n) is 11.8. The normalized spacial score (nSPS) is 16.0. The van der Waals surface area contributed by atoms with Gasteiger partial charge < -0.3 is 19.7 Å². The van der Waals surface area contributed by atoms with Gasteiger partial charge in [-0.15, -0.1) is 0 Å². The number of anilines is 1. The van der Waals surface area contributed by atoms with Crippen molar-refractivity contribution >= 4 is 32.5 Å². The van der Waals surface area contributed by atoms with Crippen LogP contribution in [0.25, 0.3) is 22.3 Å². The summed E-state index contributed by atoms with van der Waals surface area (Å²) in [5, 5.41) is 17.4. The number of hydrogen-bond acceptors (Lipinski definition) is 7. The SMILES string of the molecule is CS(=O)(=O)N(CCCCO)c1cc2oc(-c3ccc(F)cc3)c(C3=NOCCN3)c2cc1C1CC1. The number of aliphatic hydroxyl groups excluding tert-OH is 1. The number of oxime groups is 1. The second-order valence-corrected chi connectivity index (χ2v) is 10.9. The number of fused-ring (bicyclic) bond motifs is 1. The summed E-state index contributed by atoms with van der Waals surface area (Å²) in [6.07, 6.45) is 4.20.